The van der Waals surface area contributed by atoms with E-state index in [-0.39, 0.29) is 12.5 Å². The Morgan fingerprint density at radius 3 is 2.16 bits per heavy atom. The quantitative estimate of drug-likeness (QED) is 0.102. The van der Waals surface area contributed by atoms with Gasteiger partial charge in [-0.25, -0.2) is 0 Å². The molecule has 0 saturated carbocycles. The predicted molar refractivity (Wildman–Crippen MR) is 147 cm³/mol. The van der Waals surface area contributed by atoms with Crippen molar-refractivity contribution in [1.82, 2.24) is 5.32 Å². The zero-order chi connectivity index (χ0) is 28.2. The van der Waals surface area contributed by atoms with Crippen LogP contribution in [-0.4, -0.2) is 87.5 Å². The Morgan fingerprint density at radius 1 is 0.895 bits per heavy atom. The number of unbranched alkanes of at least 4 members (excludes halogenated alkanes) is 6. The van der Waals surface area contributed by atoms with Crippen molar-refractivity contribution in [3.8, 4) is 0 Å². The molecule has 1 aliphatic rings. The lowest BCUT2D eigenvalue weighted by molar-refractivity contribution is -0.302. The maximum absolute atomic E-state index is 12.5. The van der Waals surface area contributed by atoms with Crippen molar-refractivity contribution in [1.29, 1.82) is 0 Å². The van der Waals surface area contributed by atoms with Gasteiger partial charge in [-0.15, -0.1) is 0 Å². The summed E-state index contributed by atoms with van der Waals surface area (Å²) in [5.41, 5.74) is 0. The van der Waals surface area contributed by atoms with E-state index in [1.165, 1.54) is 0 Å². The van der Waals surface area contributed by atoms with Crippen molar-refractivity contribution in [3.05, 3.63) is 36.5 Å². The van der Waals surface area contributed by atoms with Crippen molar-refractivity contribution < 1.29 is 39.8 Å². The van der Waals surface area contributed by atoms with Gasteiger partial charge in [-0.3, -0.25) is 4.79 Å². The molecule has 1 aliphatic heterocycles. The average Bonchev–Trinajstić information content (AvgIpc) is 2.91. The van der Waals surface area contributed by atoms with E-state index in [0.717, 1.165) is 64.2 Å². The van der Waals surface area contributed by atoms with E-state index in [4.69, 9.17) is 9.47 Å². The van der Waals surface area contributed by atoms with E-state index < -0.39 is 49.5 Å². The van der Waals surface area contributed by atoms with Gasteiger partial charge < -0.3 is 40.3 Å². The Bertz CT molecular complexity index is 696. The van der Waals surface area contributed by atoms with Crippen molar-refractivity contribution in [2.45, 2.75) is 127 Å². The second kappa shape index (κ2) is 21.3. The fourth-order valence-electron chi connectivity index (χ4n) is 4.07. The average molecular weight is 542 g/mol. The van der Waals surface area contributed by atoms with Crippen LogP contribution in [0.25, 0.3) is 0 Å². The Morgan fingerprint density at radius 2 is 1.53 bits per heavy atom. The highest BCUT2D eigenvalue weighted by Gasteiger charge is 2.44. The van der Waals surface area contributed by atoms with Gasteiger partial charge in [0.25, 0.3) is 0 Å². The summed E-state index contributed by atoms with van der Waals surface area (Å²) in [4.78, 5) is 12.5. The molecule has 1 heterocycles. The van der Waals surface area contributed by atoms with E-state index in [0.29, 0.717) is 6.42 Å². The summed E-state index contributed by atoms with van der Waals surface area (Å²) in [6, 6.07) is -0.817. The van der Waals surface area contributed by atoms with Gasteiger partial charge in [0.15, 0.2) is 6.29 Å². The number of carbonyl (C=O) groups excluding carboxylic acids is 1. The van der Waals surface area contributed by atoms with Gasteiger partial charge in [0.05, 0.1) is 25.4 Å². The molecule has 1 amide bonds. The van der Waals surface area contributed by atoms with Crippen LogP contribution >= 0.6 is 0 Å². The molecular formula is C29H51NO8. The number of carbonyl (C=O) groups is 1. The van der Waals surface area contributed by atoms with E-state index in [1.54, 1.807) is 6.08 Å². The third-order valence-corrected chi connectivity index (χ3v) is 6.46. The van der Waals surface area contributed by atoms with Gasteiger partial charge >= 0.3 is 0 Å². The summed E-state index contributed by atoms with van der Waals surface area (Å²) < 4.78 is 11.0. The predicted octanol–water partition coefficient (Wildman–Crippen LogP) is 2.65. The fraction of sp³-hybridized carbons (Fsp3) is 0.759. The minimum atomic E-state index is -1.57. The number of hydrogen-bond acceptors (Lipinski definition) is 8. The van der Waals surface area contributed by atoms with Crippen LogP contribution in [0.2, 0.25) is 0 Å². The highest BCUT2D eigenvalue weighted by molar-refractivity contribution is 5.76. The van der Waals surface area contributed by atoms with Gasteiger partial charge in [0.1, 0.15) is 24.4 Å². The number of rotatable bonds is 20. The molecule has 7 atom stereocenters. The van der Waals surface area contributed by atoms with Crippen LogP contribution in [0.5, 0.6) is 0 Å². The molecule has 1 fully saturated rings. The topological polar surface area (TPSA) is 149 Å². The molecule has 0 aromatic rings. The molecule has 9 heteroatoms. The number of ether oxygens (including phenoxy) is 2. The van der Waals surface area contributed by atoms with Crippen molar-refractivity contribution >= 4 is 5.91 Å². The van der Waals surface area contributed by atoms with E-state index in [9.17, 15) is 30.3 Å². The lowest BCUT2D eigenvalue weighted by atomic mass is 9.99. The van der Waals surface area contributed by atoms with Crippen LogP contribution in [0, 0.1) is 0 Å². The van der Waals surface area contributed by atoms with E-state index >= 15 is 0 Å². The molecule has 220 valence electrons. The normalized spacial score (nSPS) is 25.9. The minimum absolute atomic E-state index is 0.207. The summed E-state index contributed by atoms with van der Waals surface area (Å²) in [6.07, 6.45) is 13.9. The lowest BCUT2D eigenvalue weighted by Gasteiger charge is -2.40. The van der Waals surface area contributed by atoms with Gasteiger partial charge in [-0.1, -0.05) is 76.0 Å². The first-order valence-electron chi connectivity index (χ1n) is 14.2. The Labute approximate surface area is 228 Å². The Hall–Kier alpha value is -1.59. The number of amides is 1. The lowest BCUT2D eigenvalue weighted by Crippen LogP contribution is -2.60. The highest BCUT2D eigenvalue weighted by Crippen LogP contribution is 2.22. The van der Waals surface area contributed by atoms with Crippen molar-refractivity contribution in [3.63, 3.8) is 0 Å². The van der Waals surface area contributed by atoms with Crippen molar-refractivity contribution in [2.24, 2.45) is 0 Å². The maximum atomic E-state index is 12.5. The summed E-state index contributed by atoms with van der Waals surface area (Å²) in [7, 11) is 0. The number of aliphatic hydroxyl groups is 5. The molecule has 0 bridgehead atoms. The highest BCUT2D eigenvalue weighted by atomic mass is 16.7. The van der Waals surface area contributed by atoms with Crippen LogP contribution in [0.4, 0.5) is 0 Å². The monoisotopic (exact) mass is 541 g/mol. The first-order valence-corrected chi connectivity index (χ1v) is 14.2. The molecule has 0 aromatic carbocycles. The summed E-state index contributed by atoms with van der Waals surface area (Å²) in [5.74, 6) is -0.212. The summed E-state index contributed by atoms with van der Waals surface area (Å²) in [5, 5.41) is 53.1. The largest absolute Gasteiger partial charge is 0.394 e. The van der Waals surface area contributed by atoms with Crippen LogP contribution < -0.4 is 5.32 Å². The standard InChI is InChI=1S/C29H51NO8/c1-3-5-7-9-10-11-12-13-15-16-18-23(32)22(30-25(33)19-17-14-8-6-4-2)21-37-29-28(36)27(35)26(34)24(20-31)38-29/h5,7,11-12,16,18,22-24,26-29,31-32,34-36H,3-4,6,8-10,13-15,17,19-21H2,1-2H3,(H,30,33)/b7-5+,12-11+,18-16+. The third-order valence-electron chi connectivity index (χ3n) is 6.46. The Kier molecular flexibility index (Phi) is 19.3. The molecule has 1 saturated heterocycles. The first-order chi connectivity index (χ1) is 18.3. The fourth-order valence-corrected chi connectivity index (χ4v) is 4.07. The number of allylic oxidation sites excluding steroid dienone is 5. The van der Waals surface area contributed by atoms with Gasteiger partial charge in [0.2, 0.25) is 5.91 Å². The maximum Gasteiger partial charge on any atom is 0.220 e. The molecule has 0 aliphatic carbocycles. The second-order valence-corrected chi connectivity index (χ2v) is 9.79. The van der Waals surface area contributed by atoms with Crippen molar-refractivity contribution in [2.75, 3.05) is 13.2 Å². The first kappa shape index (κ1) is 34.4. The van der Waals surface area contributed by atoms with Gasteiger partial charge in [-0.05, 0) is 38.5 Å². The second-order valence-electron chi connectivity index (χ2n) is 9.79. The van der Waals surface area contributed by atoms with E-state index in [2.05, 4.69) is 43.5 Å². The summed E-state index contributed by atoms with van der Waals surface area (Å²) in [6.45, 7) is 3.46. The third kappa shape index (κ3) is 14.0. The molecule has 9 nitrogen and oxygen atoms in total. The smallest absolute Gasteiger partial charge is 0.220 e. The van der Waals surface area contributed by atoms with Gasteiger partial charge in [-0.2, -0.15) is 0 Å². The van der Waals surface area contributed by atoms with Gasteiger partial charge in [0, 0.05) is 6.42 Å². The number of nitrogens with one attached hydrogen (secondary N) is 1. The number of hydrogen-bond donors (Lipinski definition) is 6. The zero-order valence-electron chi connectivity index (χ0n) is 23.2. The molecule has 0 aromatic heterocycles. The molecule has 6 N–H and O–H groups in total. The van der Waals surface area contributed by atoms with Crippen LogP contribution in [0.3, 0.4) is 0 Å². The molecule has 1 rings (SSSR count). The van der Waals surface area contributed by atoms with E-state index in [1.807, 2.05) is 6.08 Å². The van der Waals surface area contributed by atoms with Crippen LogP contribution in [0.1, 0.15) is 84.5 Å². The van der Waals surface area contributed by atoms with Crippen LogP contribution in [0.15, 0.2) is 36.5 Å². The molecule has 7 unspecified atom stereocenters. The summed E-state index contributed by atoms with van der Waals surface area (Å²) >= 11 is 0. The molecule has 0 spiro atoms. The minimum Gasteiger partial charge on any atom is -0.394 e. The molecule has 38 heavy (non-hydrogen) atoms. The molecule has 0 radical (unpaired) electrons. The number of aliphatic hydroxyl groups excluding tert-OH is 5. The zero-order valence-corrected chi connectivity index (χ0v) is 23.2. The molecular weight excluding hydrogens is 490 g/mol. The van der Waals surface area contributed by atoms with Crippen LogP contribution in [-0.2, 0) is 14.3 Å². The SMILES string of the molecule is CC/C=C/CC/C=C/CC/C=C/C(O)C(COC1OC(CO)C(O)C(O)C1O)NC(=O)CCCCCCC. The Balaban J connectivity index is 2.65.